The van der Waals surface area contributed by atoms with Gasteiger partial charge >= 0.3 is 0 Å². The van der Waals surface area contributed by atoms with Crippen LogP contribution in [-0.2, 0) is 37.4 Å². The first-order valence-electron chi connectivity index (χ1n) is 9.46. The standard InChI is InChI=1S/C19H20N8OS/c28-18(20-9-16-11-26-7-8-29-19(26)21-16)13-27-17(22-23-24-27)12-25-6-5-14-3-1-2-4-15(14)10-25/h1-4,7-8,11H,5-6,9-10,12-13H2,(H,20,28). The minimum absolute atomic E-state index is 0.0922. The van der Waals surface area contributed by atoms with Crippen molar-refractivity contribution >= 4 is 22.2 Å². The summed E-state index contributed by atoms with van der Waals surface area (Å²) in [5.41, 5.74) is 3.58. The van der Waals surface area contributed by atoms with E-state index >= 15 is 0 Å². The minimum Gasteiger partial charge on any atom is -0.349 e. The molecule has 5 rings (SSSR count). The summed E-state index contributed by atoms with van der Waals surface area (Å²) in [6.45, 7) is 2.91. The summed E-state index contributed by atoms with van der Waals surface area (Å²) in [5, 5.41) is 16.8. The Hall–Kier alpha value is -3.11. The summed E-state index contributed by atoms with van der Waals surface area (Å²) < 4.78 is 3.52. The Balaban J connectivity index is 1.18. The Labute approximate surface area is 171 Å². The molecule has 0 spiro atoms. The monoisotopic (exact) mass is 408 g/mol. The second-order valence-corrected chi connectivity index (χ2v) is 7.96. The summed E-state index contributed by atoms with van der Waals surface area (Å²) in [6.07, 6.45) is 4.88. The molecule has 10 heteroatoms. The van der Waals surface area contributed by atoms with Crippen molar-refractivity contribution in [3.63, 3.8) is 0 Å². The van der Waals surface area contributed by atoms with Crippen molar-refractivity contribution in [2.75, 3.05) is 6.54 Å². The number of carbonyl (C=O) groups excluding carboxylic acids is 1. The second-order valence-electron chi connectivity index (χ2n) is 7.08. The molecule has 29 heavy (non-hydrogen) atoms. The lowest BCUT2D eigenvalue weighted by molar-refractivity contribution is -0.122. The van der Waals surface area contributed by atoms with Gasteiger partial charge in [-0.05, 0) is 28.0 Å². The van der Waals surface area contributed by atoms with Crippen molar-refractivity contribution < 1.29 is 4.79 Å². The number of hydrogen-bond acceptors (Lipinski definition) is 7. The molecule has 1 N–H and O–H groups in total. The van der Waals surface area contributed by atoms with Gasteiger partial charge in [0.15, 0.2) is 10.8 Å². The smallest absolute Gasteiger partial charge is 0.242 e. The van der Waals surface area contributed by atoms with Crippen LogP contribution in [0.25, 0.3) is 4.96 Å². The van der Waals surface area contributed by atoms with Gasteiger partial charge in [-0.1, -0.05) is 24.3 Å². The minimum atomic E-state index is -0.140. The molecule has 0 unspecified atom stereocenters. The van der Waals surface area contributed by atoms with Crippen molar-refractivity contribution in [1.29, 1.82) is 0 Å². The third kappa shape index (κ3) is 3.89. The van der Waals surface area contributed by atoms with Crippen LogP contribution >= 0.6 is 11.3 Å². The van der Waals surface area contributed by atoms with E-state index in [1.165, 1.54) is 11.1 Å². The highest BCUT2D eigenvalue weighted by Crippen LogP contribution is 2.19. The van der Waals surface area contributed by atoms with E-state index in [9.17, 15) is 4.79 Å². The van der Waals surface area contributed by atoms with Gasteiger partial charge in [-0.3, -0.25) is 14.1 Å². The van der Waals surface area contributed by atoms with Crippen LogP contribution in [-0.4, -0.2) is 46.9 Å². The van der Waals surface area contributed by atoms with Gasteiger partial charge in [0.05, 0.1) is 18.8 Å². The number of amides is 1. The molecule has 0 atom stereocenters. The molecule has 0 aliphatic carbocycles. The first-order chi connectivity index (χ1) is 14.2. The zero-order valence-corrected chi connectivity index (χ0v) is 16.5. The lowest BCUT2D eigenvalue weighted by Gasteiger charge is -2.28. The SMILES string of the molecule is O=C(Cn1nnnc1CN1CCc2ccccc2C1)NCc1cn2ccsc2n1. The molecule has 0 fully saturated rings. The molecule has 0 saturated heterocycles. The maximum Gasteiger partial charge on any atom is 0.242 e. The van der Waals surface area contributed by atoms with Crippen LogP contribution in [0.4, 0.5) is 0 Å². The molecule has 1 aromatic carbocycles. The van der Waals surface area contributed by atoms with Crippen LogP contribution in [0.1, 0.15) is 22.6 Å². The van der Waals surface area contributed by atoms with Crippen LogP contribution in [0.15, 0.2) is 42.0 Å². The molecule has 4 heterocycles. The summed E-state index contributed by atoms with van der Waals surface area (Å²) >= 11 is 1.56. The van der Waals surface area contributed by atoms with Gasteiger partial charge < -0.3 is 5.32 Å². The summed E-state index contributed by atoms with van der Waals surface area (Å²) in [4.78, 5) is 20.1. The van der Waals surface area contributed by atoms with Gasteiger partial charge in [-0.15, -0.1) is 16.4 Å². The maximum absolute atomic E-state index is 12.4. The number of aromatic nitrogens is 6. The van der Waals surface area contributed by atoms with Gasteiger partial charge in [0, 0.05) is 30.9 Å². The summed E-state index contributed by atoms with van der Waals surface area (Å²) in [6, 6.07) is 8.50. The molecule has 9 nitrogen and oxygen atoms in total. The molecule has 3 aromatic heterocycles. The van der Waals surface area contributed by atoms with Gasteiger partial charge in [-0.25, -0.2) is 9.67 Å². The van der Waals surface area contributed by atoms with E-state index in [0.29, 0.717) is 18.9 Å². The summed E-state index contributed by atoms with van der Waals surface area (Å²) in [7, 11) is 0. The fourth-order valence-corrected chi connectivity index (χ4v) is 4.31. The normalized spacial score (nSPS) is 14.2. The van der Waals surface area contributed by atoms with Crippen LogP contribution < -0.4 is 5.32 Å². The molecular formula is C19H20N8OS. The lowest BCUT2D eigenvalue weighted by atomic mass is 10.00. The first-order valence-corrected chi connectivity index (χ1v) is 10.3. The number of carbonyl (C=O) groups is 1. The number of rotatable bonds is 6. The number of fused-ring (bicyclic) bond motifs is 2. The van der Waals surface area contributed by atoms with Crippen molar-refractivity contribution in [2.24, 2.45) is 0 Å². The van der Waals surface area contributed by atoms with E-state index in [2.05, 4.69) is 55.0 Å². The average molecular weight is 408 g/mol. The Morgan fingerprint density at radius 2 is 2.14 bits per heavy atom. The maximum atomic E-state index is 12.4. The predicted octanol–water partition coefficient (Wildman–Crippen LogP) is 1.26. The highest BCUT2D eigenvalue weighted by Gasteiger charge is 2.19. The topological polar surface area (TPSA) is 93.2 Å². The van der Waals surface area contributed by atoms with Crippen LogP contribution in [0.5, 0.6) is 0 Å². The zero-order valence-electron chi connectivity index (χ0n) is 15.7. The van der Waals surface area contributed by atoms with Gasteiger partial charge in [0.2, 0.25) is 5.91 Å². The quantitative estimate of drug-likeness (QED) is 0.516. The number of thiazole rings is 1. The number of nitrogens with zero attached hydrogens (tertiary/aromatic N) is 7. The van der Waals surface area contributed by atoms with E-state index in [4.69, 9.17) is 0 Å². The fourth-order valence-electron chi connectivity index (χ4n) is 3.59. The molecule has 1 aliphatic heterocycles. The predicted molar refractivity (Wildman–Crippen MR) is 107 cm³/mol. The Morgan fingerprint density at radius 1 is 1.24 bits per heavy atom. The Kier molecular flexibility index (Phi) is 4.78. The number of nitrogens with one attached hydrogen (secondary N) is 1. The van der Waals surface area contributed by atoms with E-state index in [1.807, 2.05) is 22.2 Å². The third-order valence-corrected chi connectivity index (χ3v) is 5.85. The molecular weight excluding hydrogens is 388 g/mol. The van der Waals surface area contributed by atoms with Gasteiger partial charge in [0.1, 0.15) is 6.54 Å². The molecule has 148 valence electrons. The fraction of sp³-hybridized carbons (Fsp3) is 0.316. The Morgan fingerprint density at radius 3 is 3.03 bits per heavy atom. The van der Waals surface area contributed by atoms with Crippen LogP contribution in [0.3, 0.4) is 0 Å². The zero-order chi connectivity index (χ0) is 19.6. The molecule has 0 radical (unpaired) electrons. The first kappa shape index (κ1) is 18.0. The number of tetrazole rings is 1. The number of imidazole rings is 1. The molecule has 1 amide bonds. The molecule has 1 aliphatic rings. The highest BCUT2D eigenvalue weighted by atomic mass is 32.1. The average Bonchev–Trinajstić information content (AvgIpc) is 3.43. The van der Waals surface area contributed by atoms with E-state index in [1.54, 1.807) is 16.0 Å². The van der Waals surface area contributed by atoms with Gasteiger partial charge in [0.25, 0.3) is 0 Å². The largest absolute Gasteiger partial charge is 0.349 e. The number of hydrogen-bond donors (Lipinski definition) is 1. The van der Waals surface area contributed by atoms with E-state index in [0.717, 1.165) is 30.2 Å². The van der Waals surface area contributed by atoms with Crippen LogP contribution in [0.2, 0.25) is 0 Å². The van der Waals surface area contributed by atoms with E-state index < -0.39 is 0 Å². The number of benzene rings is 1. The van der Waals surface area contributed by atoms with Crippen molar-refractivity contribution in [3.8, 4) is 0 Å². The molecule has 0 saturated carbocycles. The second kappa shape index (κ2) is 7.72. The van der Waals surface area contributed by atoms with Crippen LogP contribution in [0, 0.1) is 0 Å². The third-order valence-electron chi connectivity index (χ3n) is 5.08. The highest BCUT2D eigenvalue weighted by molar-refractivity contribution is 7.15. The van der Waals surface area contributed by atoms with Crippen molar-refractivity contribution in [2.45, 2.75) is 32.6 Å². The molecule has 4 aromatic rings. The van der Waals surface area contributed by atoms with Crippen molar-refractivity contribution in [3.05, 3.63) is 64.7 Å². The van der Waals surface area contributed by atoms with Gasteiger partial charge in [-0.2, -0.15) is 0 Å². The Bertz CT molecular complexity index is 1120. The van der Waals surface area contributed by atoms with E-state index in [-0.39, 0.29) is 12.5 Å². The molecule has 0 bridgehead atoms. The summed E-state index contributed by atoms with van der Waals surface area (Å²) in [5.74, 6) is 0.556. The lowest BCUT2D eigenvalue weighted by Crippen LogP contribution is -2.33. The van der Waals surface area contributed by atoms with Crippen molar-refractivity contribution in [1.82, 2.24) is 39.8 Å².